The zero-order valence-corrected chi connectivity index (χ0v) is 23.1. The van der Waals surface area contributed by atoms with Crippen LogP contribution in [0, 0.1) is 6.92 Å². The fourth-order valence-corrected chi connectivity index (χ4v) is 26.7. The van der Waals surface area contributed by atoms with Crippen molar-refractivity contribution in [3.8, 4) is 9.75 Å². The zero-order chi connectivity index (χ0) is 20.5. The molecule has 0 unspecified atom stereocenters. The Hall–Kier alpha value is 0.119. The molecule has 1 aliphatic heterocycles. The van der Waals surface area contributed by atoms with Crippen LogP contribution in [0.4, 0.5) is 0 Å². The maximum absolute atomic E-state index is 6.35. The number of hydrogen-bond acceptors (Lipinski definition) is 4. The van der Waals surface area contributed by atoms with Crippen molar-refractivity contribution in [2.24, 2.45) is 0 Å². The standard InChI is InChI=1S/C12H9O2S2.3C4H9.Sn/c1-7-6-9-11(16-7)10-8(2-5-15-10)12(9)13-3-4-14-12;3*1-3-4-2;/h2,6H,3-4H2,1H3;3*1,3-4H2,2H3;. The van der Waals surface area contributed by atoms with Gasteiger partial charge in [-0.3, -0.25) is 0 Å². The second kappa shape index (κ2) is 9.31. The molecule has 0 saturated carbocycles. The summed E-state index contributed by atoms with van der Waals surface area (Å²) in [7, 11) is 0. The summed E-state index contributed by atoms with van der Waals surface area (Å²) >= 11 is 1.64. The third-order valence-electron chi connectivity index (χ3n) is 6.75. The van der Waals surface area contributed by atoms with Crippen molar-refractivity contribution in [2.45, 2.75) is 85.3 Å². The van der Waals surface area contributed by atoms with E-state index in [0.717, 1.165) is 0 Å². The Balaban J connectivity index is 1.80. The van der Waals surface area contributed by atoms with Crippen LogP contribution in [0.5, 0.6) is 0 Å². The van der Waals surface area contributed by atoms with Crippen molar-refractivity contribution in [1.82, 2.24) is 0 Å². The van der Waals surface area contributed by atoms with Gasteiger partial charge < -0.3 is 0 Å². The molecule has 0 bridgehead atoms. The molecule has 2 aromatic heterocycles. The van der Waals surface area contributed by atoms with E-state index in [1.165, 1.54) is 77.6 Å². The molecule has 2 aromatic rings. The molecule has 5 heteroatoms. The fourth-order valence-electron chi connectivity index (χ4n) is 5.15. The fraction of sp³-hybridized carbons (Fsp3) is 0.667. The van der Waals surface area contributed by atoms with E-state index in [1.807, 2.05) is 11.3 Å². The quantitative estimate of drug-likeness (QED) is 0.293. The van der Waals surface area contributed by atoms with Gasteiger partial charge in [-0.1, -0.05) is 0 Å². The van der Waals surface area contributed by atoms with Crippen LogP contribution in [-0.2, 0) is 15.3 Å². The molecule has 1 saturated heterocycles. The summed E-state index contributed by atoms with van der Waals surface area (Å²) in [5.41, 5.74) is 2.63. The van der Waals surface area contributed by atoms with E-state index >= 15 is 0 Å². The van der Waals surface area contributed by atoms with Crippen molar-refractivity contribution < 1.29 is 9.47 Å². The van der Waals surface area contributed by atoms with Gasteiger partial charge in [0, 0.05) is 0 Å². The first kappa shape index (κ1) is 22.3. The molecular formula is C24H36O2S2Sn. The SMILES string of the molecule is CCC[CH2][Sn]([CH2]CCC)([CH2]CCC)[c]1cc2c(s1)-c1sc(C)cc1C21OCCO1. The van der Waals surface area contributed by atoms with Gasteiger partial charge in [0.1, 0.15) is 0 Å². The van der Waals surface area contributed by atoms with Gasteiger partial charge in [-0.05, 0) is 0 Å². The van der Waals surface area contributed by atoms with Crippen molar-refractivity contribution in [1.29, 1.82) is 0 Å². The summed E-state index contributed by atoms with van der Waals surface area (Å²) < 4.78 is 19.1. The van der Waals surface area contributed by atoms with Crippen LogP contribution >= 0.6 is 22.7 Å². The summed E-state index contributed by atoms with van der Waals surface area (Å²) in [5, 5.41) is 0. The van der Waals surface area contributed by atoms with Crippen LogP contribution in [0.1, 0.15) is 75.3 Å². The first-order valence-electron chi connectivity index (χ1n) is 11.6. The second-order valence-electron chi connectivity index (χ2n) is 8.86. The number of rotatable bonds is 10. The number of fused-ring (bicyclic) bond motifs is 5. The van der Waals surface area contributed by atoms with E-state index in [2.05, 4.69) is 51.2 Å². The minimum atomic E-state index is -2.43. The Morgan fingerprint density at radius 2 is 1.34 bits per heavy atom. The molecule has 29 heavy (non-hydrogen) atoms. The third kappa shape index (κ3) is 3.90. The van der Waals surface area contributed by atoms with E-state index < -0.39 is 24.2 Å². The Morgan fingerprint density at radius 3 is 1.90 bits per heavy atom. The minimum absolute atomic E-state index is 0.595. The summed E-state index contributed by atoms with van der Waals surface area (Å²) in [5.74, 6) is -0.595. The molecule has 0 aromatic carbocycles. The van der Waals surface area contributed by atoms with Crippen molar-refractivity contribution >= 4 is 43.9 Å². The van der Waals surface area contributed by atoms with Gasteiger partial charge in [0.05, 0.1) is 0 Å². The van der Waals surface area contributed by atoms with Gasteiger partial charge in [-0.2, -0.15) is 0 Å². The summed E-state index contributed by atoms with van der Waals surface area (Å²) in [4.78, 5) is 4.27. The van der Waals surface area contributed by atoms with Crippen LogP contribution in [0.15, 0.2) is 12.1 Å². The first-order chi connectivity index (χ1) is 14.1. The van der Waals surface area contributed by atoms with Crippen LogP contribution < -0.4 is 2.89 Å². The van der Waals surface area contributed by atoms with E-state index in [0.29, 0.717) is 13.2 Å². The molecule has 3 heterocycles. The van der Waals surface area contributed by atoms with E-state index in [9.17, 15) is 0 Å². The van der Waals surface area contributed by atoms with Crippen LogP contribution in [0.25, 0.3) is 9.75 Å². The van der Waals surface area contributed by atoms with Gasteiger partial charge >= 0.3 is 190 Å². The molecular weight excluding hydrogens is 503 g/mol. The van der Waals surface area contributed by atoms with Crippen molar-refractivity contribution in [3.63, 3.8) is 0 Å². The number of ether oxygens (including phenoxy) is 2. The van der Waals surface area contributed by atoms with Gasteiger partial charge in [-0.15, -0.1) is 0 Å². The van der Waals surface area contributed by atoms with Gasteiger partial charge in [0.25, 0.3) is 0 Å². The molecule has 2 nitrogen and oxygen atoms in total. The topological polar surface area (TPSA) is 18.5 Å². The molecule has 0 N–H and O–H groups in total. The summed E-state index contributed by atoms with van der Waals surface area (Å²) in [6.45, 7) is 10.7. The van der Waals surface area contributed by atoms with Crippen molar-refractivity contribution in [2.75, 3.05) is 13.2 Å². The normalized spacial score (nSPS) is 17.2. The monoisotopic (exact) mass is 540 g/mol. The number of unbranched alkanes of at least 4 members (excludes halogenated alkanes) is 3. The Kier molecular flexibility index (Phi) is 7.17. The van der Waals surface area contributed by atoms with Gasteiger partial charge in [0.15, 0.2) is 0 Å². The second-order valence-corrected chi connectivity index (χ2v) is 25.3. The molecule has 1 aliphatic carbocycles. The Bertz CT molecular complexity index is 810. The molecule has 1 fully saturated rings. The zero-order valence-electron chi connectivity index (χ0n) is 18.6. The maximum atomic E-state index is 6.35. The van der Waals surface area contributed by atoms with E-state index in [1.54, 1.807) is 2.89 Å². The number of thiophene rings is 2. The molecule has 1 spiro atoms. The van der Waals surface area contributed by atoms with Crippen LogP contribution in [0.3, 0.4) is 0 Å². The molecule has 0 atom stereocenters. The molecule has 160 valence electrons. The van der Waals surface area contributed by atoms with E-state index in [-0.39, 0.29) is 0 Å². The van der Waals surface area contributed by atoms with Crippen LogP contribution in [0.2, 0.25) is 13.3 Å². The first-order valence-corrected chi connectivity index (χ1v) is 20.8. The Labute approximate surface area is 188 Å². The van der Waals surface area contributed by atoms with Gasteiger partial charge in [-0.25, -0.2) is 0 Å². The average Bonchev–Trinajstić information content (AvgIpc) is 3.47. The van der Waals surface area contributed by atoms with Crippen molar-refractivity contribution in [3.05, 3.63) is 28.1 Å². The van der Waals surface area contributed by atoms with Crippen LogP contribution in [-0.4, -0.2) is 31.6 Å². The average molecular weight is 539 g/mol. The predicted octanol–water partition coefficient (Wildman–Crippen LogP) is 7.40. The third-order valence-corrected chi connectivity index (χ3v) is 27.3. The summed E-state index contributed by atoms with van der Waals surface area (Å²) in [6, 6.07) is 4.89. The molecule has 0 amide bonds. The molecule has 4 rings (SSSR count). The predicted molar refractivity (Wildman–Crippen MR) is 130 cm³/mol. The van der Waals surface area contributed by atoms with E-state index in [4.69, 9.17) is 9.47 Å². The number of hydrogen-bond donors (Lipinski definition) is 0. The number of aryl methyl sites for hydroxylation is 1. The Morgan fingerprint density at radius 1 is 0.828 bits per heavy atom. The molecule has 0 radical (unpaired) electrons. The van der Waals surface area contributed by atoms with Gasteiger partial charge in [0.2, 0.25) is 0 Å². The summed E-state index contributed by atoms with van der Waals surface area (Å²) in [6.07, 6.45) is 8.21. The molecule has 2 aliphatic rings.